The highest BCUT2D eigenvalue weighted by Crippen LogP contribution is 2.34. The van der Waals surface area contributed by atoms with Gasteiger partial charge in [-0.05, 0) is 38.2 Å². The minimum absolute atomic E-state index is 0.0277. The molecule has 0 saturated heterocycles. The summed E-state index contributed by atoms with van der Waals surface area (Å²) in [6.07, 6.45) is 4.31. The second-order valence-corrected chi connectivity index (χ2v) is 5.29. The third-order valence-electron chi connectivity index (χ3n) is 3.00. The van der Waals surface area contributed by atoms with Crippen LogP contribution in [0.4, 0.5) is 0 Å². The molecule has 0 aliphatic heterocycles. The monoisotopic (exact) mass is 246 g/mol. The van der Waals surface area contributed by atoms with Gasteiger partial charge in [-0.25, -0.2) is 4.98 Å². The molecule has 3 nitrogen and oxygen atoms in total. The maximum Gasteiger partial charge on any atom is 0.171 e. The molecule has 1 aromatic heterocycles. The van der Waals surface area contributed by atoms with Crippen molar-refractivity contribution in [3.63, 3.8) is 0 Å². The van der Waals surface area contributed by atoms with Crippen LogP contribution in [-0.2, 0) is 0 Å². The van der Waals surface area contributed by atoms with Gasteiger partial charge in [-0.3, -0.25) is 4.79 Å². The fourth-order valence-electron chi connectivity index (χ4n) is 2.16. The van der Waals surface area contributed by atoms with Crippen molar-refractivity contribution in [2.24, 2.45) is 0 Å². The van der Waals surface area contributed by atoms with E-state index in [2.05, 4.69) is 11.1 Å². The number of nitrogens with zero attached hydrogens (tertiary/aromatic N) is 2. The fourth-order valence-corrected chi connectivity index (χ4v) is 3.16. The Morgan fingerprint density at radius 3 is 2.53 bits per heavy atom. The van der Waals surface area contributed by atoms with Gasteiger partial charge >= 0.3 is 0 Å². The number of allylic oxidation sites excluding steroid dienone is 2. The van der Waals surface area contributed by atoms with Gasteiger partial charge in [0, 0.05) is 6.92 Å². The lowest BCUT2D eigenvalue weighted by molar-refractivity contribution is 0.102. The molecule has 0 unspecified atom stereocenters. The first-order valence-electron chi connectivity index (χ1n) is 5.74. The quantitative estimate of drug-likeness (QED) is 0.592. The average Bonchev–Trinajstić information content (AvgIpc) is 2.89. The van der Waals surface area contributed by atoms with Crippen LogP contribution in [0.25, 0.3) is 5.57 Å². The van der Waals surface area contributed by atoms with Crippen LogP contribution in [0.15, 0.2) is 5.57 Å². The molecule has 0 spiro atoms. The summed E-state index contributed by atoms with van der Waals surface area (Å²) in [4.78, 5) is 16.4. The number of carbonyl (C=O) groups excluding carboxylic acids is 1. The number of nitriles is 1. The second-order valence-electron chi connectivity index (χ2n) is 4.29. The van der Waals surface area contributed by atoms with Crippen LogP contribution in [-0.4, -0.2) is 10.8 Å². The number of rotatable bonds is 2. The van der Waals surface area contributed by atoms with Gasteiger partial charge in [0.2, 0.25) is 0 Å². The van der Waals surface area contributed by atoms with Gasteiger partial charge < -0.3 is 0 Å². The van der Waals surface area contributed by atoms with E-state index in [-0.39, 0.29) is 5.78 Å². The largest absolute Gasteiger partial charge is 0.294 e. The zero-order valence-corrected chi connectivity index (χ0v) is 10.9. The van der Waals surface area contributed by atoms with E-state index in [9.17, 15) is 10.1 Å². The van der Waals surface area contributed by atoms with Crippen molar-refractivity contribution < 1.29 is 4.79 Å². The lowest BCUT2D eigenvalue weighted by atomic mass is 10.1. The number of thiazole rings is 1. The lowest BCUT2D eigenvalue weighted by Gasteiger charge is -1.98. The molecule has 1 aliphatic carbocycles. The number of aryl methyl sites for hydroxylation is 1. The minimum atomic E-state index is 0.0277. The minimum Gasteiger partial charge on any atom is -0.294 e. The lowest BCUT2D eigenvalue weighted by Crippen LogP contribution is -1.89. The van der Waals surface area contributed by atoms with E-state index in [1.807, 2.05) is 6.92 Å². The second kappa shape index (κ2) is 4.80. The molecule has 0 radical (unpaired) electrons. The highest BCUT2D eigenvalue weighted by molar-refractivity contribution is 7.15. The van der Waals surface area contributed by atoms with Crippen LogP contribution >= 0.6 is 11.3 Å². The number of carbonyl (C=O) groups is 1. The van der Waals surface area contributed by atoms with Gasteiger partial charge in [0.15, 0.2) is 5.78 Å². The molecule has 0 atom stereocenters. The highest BCUT2D eigenvalue weighted by Gasteiger charge is 2.19. The molecule has 88 valence electrons. The smallest absolute Gasteiger partial charge is 0.171 e. The predicted octanol–water partition coefficient (Wildman–Crippen LogP) is 3.51. The molecule has 0 aromatic carbocycles. The molecule has 17 heavy (non-hydrogen) atoms. The maximum absolute atomic E-state index is 11.4. The topological polar surface area (TPSA) is 53.8 Å². The Bertz CT molecular complexity index is 526. The molecule has 0 bridgehead atoms. The zero-order valence-electron chi connectivity index (χ0n) is 10.0. The first kappa shape index (κ1) is 12.0. The Hall–Kier alpha value is -1.47. The molecule has 1 heterocycles. The van der Waals surface area contributed by atoms with E-state index in [1.165, 1.54) is 16.9 Å². The van der Waals surface area contributed by atoms with E-state index in [0.717, 1.165) is 31.4 Å². The van der Waals surface area contributed by atoms with Gasteiger partial charge in [-0.2, -0.15) is 5.26 Å². The molecular weight excluding hydrogens is 232 g/mol. The Kier molecular flexibility index (Phi) is 3.39. The molecule has 4 heteroatoms. The first-order chi connectivity index (χ1) is 8.13. The predicted molar refractivity (Wildman–Crippen MR) is 67.9 cm³/mol. The summed E-state index contributed by atoms with van der Waals surface area (Å²) in [5.41, 5.74) is 2.64. The Labute approximate surface area is 105 Å². The molecule has 1 fully saturated rings. The number of aromatic nitrogens is 1. The van der Waals surface area contributed by atoms with E-state index >= 15 is 0 Å². The molecule has 2 rings (SSSR count). The van der Waals surface area contributed by atoms with E-state index in [4.69, 9.17) is 0 Å². The van der Waals surface area contributed by atoms with Crippen LogP contribution in [0.1, 0.15) is 53.0 Å². The van der Waals surface area contributed by atoms with Crippen LogP contribution in [0.5, 0.6) is 0 Å². The van der Waals surface area contributed by atoms with Crippen LogP contribution in [0.2, 0.25) is 0 Å². The van der Waals surface area contributed by atoms with Crippen LogP contribution in [0, 0.1) is 18.3 Å². The van der Waals surface area contributed by atoms with E-state index < -0.39 is 0 Å². The van der Waals surface area contributed by atoms with Gasteiger partial charge in [-0.15, -0.1) is 11.3 Å². The summed E-state index contributed by atoms with van der Waals surface area (Å²) in [7, 11) is 0. The SMILES string of the molecule is CC(=O)c1sc(C(C#N)=C2CCCC2)nc1C. The maximum atomic E-state index is 11.4. The number of hydrogen-bond donors (Lipinski definition) is 0. The number of hydrogen-bond acceptors (Lipinski definition) is 4. The van der Waals surface area contributed by atoms with Crippen LogP contribution < -0.4 is 0 Å². The van der Waals surface area contributed by atoms with Gasteiger partial charge in [0.1, 0.15) is 11.1 Å². The van der Waals surface area contributed by atoms with Crippen molar-refractivity contribution >= 4 is 22.7 Å². The van der Waals surface area contributed by atoms with Gasteiger partial charge in [-0.1, -0.05) is 0 Å². The summed E-state index contributed by atoms with van der Waals surface area (Å²) in [5, 5.41) is 9.97. The summed E-state index contributed by atoms with van der Waals surface area (Å²) < 4.78 is 0. The molecule has 1 aliphatic rings. The van der Waals surface area contributed by atoms with Crippen molar-refractivity contribution in [1.82, 2.24) is 4.98 Å². The molecular formula is C13H14N2OS. The van der Waals surface area contributed by atoms with Crippen molar-refractivity contribution in [3.05, 3.63) is 21.2 Å². The summed E-state index contributed by atoms with van der Waals surface area (Å²) in [6.45, 7) is 3.37. The Morgan fingerprint density at radius 1 is 1.41 bits per heavy atom. The molecule has 1 saturated carbocycles. The summed E-state index contributed by atoms with van der Waals surface area (Å²) >= 11 is 1.35. The van der Waals surface area contributed by atoms with Gasteiger partial charge in [0.05, 0.1) is 16.1 Å². The third kappa shape index (κ3) is 2.29. The average molecular weight is 246 g/mol. The molecule has 0 N–H and O–H groups in total. The van der Waals surface area contributed by atoms with E-state index in [0.29, 0.717) is 15.5 Å². The van der Waals surface area contributed by atoms with Crippen molar-refractivity contribution in [2.75, 3.05) is 0 Å². The first-order valence-corrected chi connectivity index (χ1v) is 6.56. The number of Topliss-reactive ketones (excluding diaryl/α,β-unsaturated/α-hetero) is 1. The van der Waals surface area contributed by atoms with Crippen molar-refractivity contribution in [1.29, 1.82) is 5.26 Å². The fraction of sp³-hybridized carbons (Fsp3) is 0.462. The Balaban J connectivity index is 2.46. The highest BCUT2D eigenvalue weighted by atomic mass is 32.1. The van der Waals surface area contributed by atoms with Crippen molar-refractivity contribution in [2.45, 2.75) is 39.5 Å². The molecule has 1 aromatic rings. The van der Waals surface area contributed by atoms with E-state index in [1.54, 1.807) is 6.92 Å². The zero-order chi connectivity index (χ0) is 12.4. The summed E-state index contributed by atoms with van der Waals surface area (Å²) in [6, 6.07) is 2.26. The molecule has 0 amide bonds. The third-order valence-corrected chi connectivity index (χ3v) is 4.28. The summed E-state index contributed by atoms with van der Waals surface area (Å²) in [5.74, 6) is 0.0277. The number of ketones is 1. The normalized spacial score (nSPS) is 14.8. The van der Waals surface area contributed by atoms with Crippen molar-refractivity contribution in [3.8, 4) is 6.07 Å². The van der Waals surface area contributed by atoms with Crippen LogP contribution in [0.3, 0.4) is 0 Å². The Morgan fingerprint density at radius 2 is 2.06 bits per heavy atom. The standard InChI is InChI=1S/C13H14N2OS/c1-8-12(9(2)16)17-13(15-8)11(7-14)10-5-3-4-6-10/h3-6H2,1-2H3. The van der Waals surface area contributed by atoms with Gasteiger partial charge in [0.25, 0.3) is 0 Å².